The number of benzene rings is 2. The summed E-state index contributed by atoms with van der Waals surface area (Å²) in [6.07, 6.45) is -1.98. The Morgan fingerprint density at radius 2 is 1.60 bits per heavy atom. The SMILES string of the molecule is O=C(c1ccc(OCc2ccccc2)cc1)C(O)O.[Na]. The summed E-state index contributed by atoms with van der Waals surface area (Å²) in [5.74, 6) is -0.109. The number of carbonyl (C=O) groups is 1. The van der Waals surface area contributed by atoms with Gasteiger partial charge in [0.05, 0.1) is 0 Å². The average molecular weight is 281 g/mol. The molecule has 0 saturated carbocycles. The molecule has 0 aromatic heterocycles. The maximum absolute atomic E-state index is 11.3. The molecule has 2 N–H and O–H groups in total. The monoisotopic (exact) mass is 281 g/mol. The maximum atomic E-state index is 11.3. The second-order valence-corrected chi connectivity index (χ2v) is 4.04. The van der Waals surface area contributed by atoms with Crippen LogP contribution in [0.5, 0.6) is 5.75 Å². The summed E-state index contributed by atoms with van der Waals surface area (Å²) in [5.41, 5.74) is 1.29. The third kappa shape index (κ3) is 4.74. The van der Waals surface area contributed by atoms with E-state index in [9.17, 15) is 4.79 Å². The van der Waals surface area contributed by atoms with Gasteiger partial charge >= 0.3 is 0 Å². The fraction of sp³-hybridized carbons (Fsp3) is 0.133. The molecular weight excluding hydrogens is 267 g/mol. The molecule has 2 aromatic carbocycles. The second-order valence-electron chi connectivity index (χ2n) is 4.04. The van der Waals surface area contributed by atoms with Gasteiger partial charge in [-0.3, -0.25) is 4.79 Å². The first-order valence-electron chi connectivity index (χ1n) is 5.84. The average Bonchev–Trinajstić information content (AvgIpc) is 2.46. The van der Waals surface area contributed by atoms with E-state index in [-0.39, 0.29) is 35.1 Å². The van der Waals surface area contributed by atoms with Crippen molar-refractivity contribution in [3.05, 3.63) is 65.7 Å². The molecule has 0 aliphatic heterocycles. The van der Waals surface area contributed by atoms with Gasteiger partial charge < -0.3 is 14.9 Å². The van der Waals surface area contributed by atoms with Crippen LogP contribution in [0, 0.1) is 0 Å². The number of aliphatic hydroxyl groups is 2. The van der Waals surface area contributed by atoms with Gasteiger partial charge in [-0.25, -0.2) is 0 Å². The van der Waals surface area contributed by atoms with Crippen LogP contribution in [0.1, 0.15) is 15.9 Å². The molecule has 0 spiro atoms. The van der Waals surface area contributed by atoms with Gasteiger partial charge in [-0.15, -0.1) is 0 Å². The van der Waals surface area contributed by atoms with Gasteiger partial charge in [0.1, 0.15) is 12.4 Å². The molecule has 99 valence electrons. The van der Waals surface area contributed by atoms with E-state index >= 15 is 0 Å². The van der Waals surface area contributed by atoms with Gasteiger partial charge in [0.2, 0.25) is 12.1 Å². The van der Waals surface area contributed by atoms with Crippen molar-refractivity contribution in [2.24, 2.45) is 0 Å². The van der Waals surface area contributed by atoms with Crippen LogP contribution in [0.2, 0.25) is 0 Å². The van der Waals surface area contributed by atoms with Crippen LogP contribution in [-0.4, -0.2) is 51.8 Å². The van der Waals surface area contributed by atoms with Crippen molar-refractivity contribution in [3.8, 4) is 5.75 Å². The van der Waals surface area contributed by atoms with Gasteiger partial charge in [-0.2, -0.15) is 0 Å². The van der Waals surface area contributed by atoms with Gasteiger partial charge in [-0.1, -0.05) is 30.3 Å². The Hall–Kier alpha value is -1.17. The molecule has 20 heavy (non-hydrogen) atoms. The molecule has 0 bridgehead atoms. The first-order valence-corrected chi connectivity index (χ1v) is 5.84. The molecule has 0 unspecified atom stereocenters. The zero-order chi connectivity index (χ0) is 13.7. The minimum Gasteiger partial charge on any atom is -0.489 e. The number of aliphatic hydroxyl groups excluding tert-OH is 1. The number of hydrogen-bond donors (Lipinski definition) is 2. The van der Waals surface area contributed by atoms with E-state index < -0.39 is 12.1 Å². The van der Waals surface area contributed by atoms with Crippen LogP contribution < -0.4 is 4.74 Å². The molecule has 0 atom stereocenters. The summed E-state index contributed by atoms with van der Waals surface area (Å²) in [6.45, 7) is 0.441. The van der Waals surface area contributed by atoms with E-state index in [1.165, 1.54) is 12.1 Å². The van der Waals surface area contributed by atoms with E-state index in [0.717, 1.165) is 5.56 Å². The number of ether oxygens (including phenoxy) is 1. The number of hydrogen-bond acceptors (Lipinski definition) is 4. The van der Waals surface area contributed by atoms with E-state index in [1.54, 1.807) is 12.1 Å². The second kappa shape index (κ2) is 8.19. The Morgan fingerprint density at radius 3 is 2.15 bits per heavy atom. The first-order chi connectivity index (χ1) is 9.16. The minimum absolute atomic E-state index is 0. The smallest absolute Gasteiger partial charge is 0.218 e. The molecule has 0 saturated heterocycles. The Kier molecular flexibility index (Phi) is 6.91. The number of rotatable bonds is 5. The predicted molar refractivity (Wildman–Crippen MR) is 75.5 cm³/mol. The molecular formula is C15H14NaO4. The fourth-order valence-corrected chi connectivity index (χ4v) is 1.61. The quantitative estimate of drug-likeness (QED) is 0.493. The standard InChI is InChI=1S/C15H14O4.Na/c16-14(15(17)18)12-6-8-13(9-7-12)19-10-11-4-2-1-3-5-11;/h1-9,15,17-18H,10H2;. The molecule has 4 nitrogen and oxygen atoms in total. The summed E-state index contributed by atoms with van der Waals surface area (Å²) < 4.78 is 5.55. The largest absolute Gasteiger partial charge is 0.489 e. The summed E-state index contributed by atoms with van der Waals surface area (Å²) in [6, 6.07) is 16.0. The molecule has 0 fully saturated rings. The minimum atomic E-state index is -1.98. The van der Waals surface area contributed by atoms with Gasteiger partial charge in [0.25, 0.3) is 0 Å². The molecule has 5 heteroatoms. The topological polar surface area (TPSA) is 66.8 Å². The Labute approximate surface area is 139 Å². The van der Waals surface area contributed by atoms with Crippen molar-refractivity contribution < 1.29 is 19.7 Å². The van der Waals surface area contributed by atoms with Crippen molar-refractivity contribution >= 4 is 35.3 Å². The molecule has 0 amide bonds. The molecule has 0 heterocycles. The van der Waals surface area contributed by atoms with Crippen LogP contribution in [0.3, 0.4) is 0 Å². The zero-order valence-corrected chi connectivity index (χ0v) is 13.2. The fourth-order valence-electron chi connectivity index (χ4n) is 1.61. The van der Waals surface area contributed by atoms with Crippen LogP contribution in [0.15, 0.2) is 54.6 Å². The molecule has 2 aromatic rings. The van der Waals surface area contributed by atoms with Gasteiger partial charge in [0, 0.05) is 35.1 Å². The summed E-state index contributed by atoms with van der Waals surface area (Å²) in [4.78, 5) is 11.3. The van der Waals surface area contributed by atoms with Crippen LogP contribution in [-0.2, 0) is 6.61 Å². The van der Waals surface area contributed by atoms with Gasteiger partial charge in [0.15, 0.2) is 0 Å². The summed E-state index contributed by atoms with van der Waals surface area (Å²) in [7, 11) is 0. The van der Waals surface area contributed by atoms with Crippen LogP contribution >= 0.6 is 0 Å². The van der Waals surface area contributed by atoms with E-state index in [0.29, 0.717) is 12.4 Å². The number of Topliss-reactive ketones (excluding diaryl/α,β-unsaturated/α-hetero) is 1. The maximum Gasteiger partial charge on any atom is 0.218 e. The summed E-state index contributed by atoms with van der Waals surface area (Å²) >= 11 is 0. The van der Waals surface area contributed by atoms with Gasteiger partial charge in [-0.05, 0) is 29.8 Å². The van der Waals surface area contributed by atoms with Crippen molar-refractivity contribution in [2.75, 3.05) is 0 Å². The Morgan fingerprint density at radius 1 is 1.00 bits per heavy atom. The van der Waals surface area contributed by atoms with E-state index in [4.69, 9.17) is 14.9 Å². The zero-order valence-electron chi connectivity index (χ0n) is 11.2. The van der Waals surface area contributed by atoms with Crippen molar-refractivity contribution in [1.82, 2.24) is 0 Å². The third-order valence-corrected chi connectivity index (χ3v) is 2.62. The molecule has 2 rings (SSSR count). The van der Waals surface area contributed by atoms with Crippen LogP contribution in [0.4, 0.5) is 0 Å². The van der Waals surface area contributed by atoms with Crippen LogP contribution in [0.25, 0.3) is 0 Å². The molecule has 1 radical (unpaired) electrons. The molecule has 0 aliphatic carbocycles. The van der Waals surface area contributed by atoms with Crippen molar-refractivity contribution in [1.29, 1.82) is 0 Å². The predicted octanol–water partition coefficient (Wildman–Crippen LogP) is 1.38. The van der Waals surface area contributed by atoms with Crippen molar-refractivity contribution in [2.45, 2.75) is 12.9 Å². The molecule has 0 aliphatic rings. The number of ketones is 1. The Balaban J connectivity index is 0.00000200. The number of carbonyl (C=O) groups excluding carboxylic acids is 1. The summed E-state index contributed by atoms with van der Waals surface area (Å²) in [5, 5.41) is 17.5. The van der Waals surface area contributed by atoms with Crippen molar-refractivity contribution in [3.63, 3.8) is 0 Å². The van der Waals surface area contributed by atoms with E-state index in [2.05, 4.69) is 0 Å². The van der Waals surface area contributed by atoms with E-state index in [1.807, 2.05) is 30.3 Å². The first kappa shape index (κ1) is 16.9. The normalized spacial score (nSPS) is 9.95. The third-order valence-electron chi connectivity index (χ3n) is 2.62. The Bertz CT molecular complexity index is 538.